The summed E-state index contributed by atoms with van der Waals surface area (Å²) in [6, 6.07) is 4.64. The minimum Gasteiger partial charge on any atom is -0.392 e. The molecule has 1 aromatic rings. The van der Waals surface area contributed by atoms with Crippen molar-refractivity contribution in [3.8, 4) is 6.07 Å². The van der Waals surface area contributed by atoms with Crippen LogP contribution in [-0.4, -0.2) is 5.11 Å². The first-order valence-corrected chi connectivity index (χ1v) is 4.26. The molecule has 0 radical (unpaired) electrons. The lowest BCUT2D eigenvalue weighted by molar-refractivity contribution is 0.280. The van der Waals surface area contributed by atoms with Crippen molar-refractivity contribution in [1.29, 1.82) is 5.26 Å². The van der Waals surface area contributed by atoms with E-state index in [0.29, 0.717) is 9.13 Å². The van der Waals surface area contributed by atoms with Gasteiger partial charge in [0.1, 0.15) is 6.07 Å². The average Bonchev–Trinajstić information content (AvgIpc) is 2.10. The SMILES string of the molecule is N#Cc1ccc(CO)c(I)c1F. The van der Waals surface area contributed by atoms with Crippen LogP contribution in [0.25, 0.3) is 0 Å². The third kappa shape index (κ3) is 1.57. The first-order chi connectivity index (χ1) is 5.70. The molecule has 0 atom stereocenters. The van der Waals surface area contributed by atoms with E-state index >= 15 is 0 Å². The van der Waals surface area contributed by atoms with Crippen LogP contribution in [-0.2, 0) is 6.61 Å². The van der Waals surface area contributed by atoms with E-state index < -0.39 is 5.82 Å². The molecule has 0 spiro atoms. The van der Waals surface area contributed by atoms with Crippen LogP contribution in [0.3, 0.4) is 0 Å². The van der Waals surface area contributed by atoms with Crippen LogP contribution >= 0.6 is 22.6 Å². The molecule has 1 aromatic carbocycles. The minimum atomic E-state index is -0.551. The number of nitrogens with zero attached hydrogens (tertiary/aromatic N) is 1. The summed E-state index contributed by atoms with van der Waals surface area (Å²) in [6.07, 6.45) is 0. The van der Waals surface area contributed by atoms with Gasteiger partial charge in [-0.05, 0) is 34.2 Å². The highest BCUT2D eigenvalue weighted by Crippen LogP contribution is 2.19. The maximum atomic E-state index is 13.1. The lowest BCUT2D eigenvalue weighted by atomic mass is 10.1. The van der Waals surface area contributed by atoms with E-state index in [-0.39, 0.29) is 12.2 Å². The lowest BCUT2D eigenvalue weighted by Crippen LogP contribution is -1.95. The highest BCUT2D eigenvalue weighted by molar-refractivity contribution is 14.1. The zero-order valence-electron chi connectivity index (χ0n) is 6.01. The highest BCUT2D eigenvalue weighted by atomic mass is 127. The number of benzene rings is 1. The summed E-state index contributed by atoms with van der Waals surface area (Å²) in [5.74, 6) is -0.551. The van der Waals surface area contributed by atoms with Gasteiger partial charge in [0.05, 0.1) is 15.7 Å². The van der Waals surface area contributed by atoms with Crippen LogP contribution < -0.4 is 0 Å². The molecule has 0 aliphatic carbocycles. The molecule has 0 bridgehead atoms. The normalized spacial score (nSPS) is 9.50. The van der Waals surface area contributed by atoms with E-state index in [4.69, 9.17) is 10.4 Å². The Morgan fingerprint density at radius 3 is 2.75 bits per heavy atom. The van der Waals surface area contributed by atoms with Gasteiger partial charge < -0.3 is 5.11 Å². The van der Waals surface area contributed by atoms with Gasteiger partial charge >= 0.3 is 0 Å². The van der Waals surface area contributed by atoms with Crippen molar-refractivity contribution in [2.45, 2.75) is 6.61 Å². The van der Waals surface area contributed by atoms with Gasteiger partial charge in [0.2, 0.25) is 0 Å². The summed E-state index contributed by atoms with van der Waals surface area (Å²) in [6.45, 7) is -0.207. The molecule has 12 heavy (non-hydrogen) atoms. The minimum absolute atomic E-state index is 0.0107. The third-order valence-corrected chi connectivity index (χ3v) is 2.62. The molecule has 0 aromatic heterocycles. The third-order valence-electron chi connectivity index (χ3n) is 1.45. The van der Waals surface area contributed by atoms with Crippen LogP contribution in [0.5, 0.6) is 0 Å². The Morgan fingerprint density at radius 2 is 2.25 bits per heavy atom. The van der Waals surface area contributed by atoms with Gasteiger partial charge in [-0.2, -0.15) is 5.26 Å². The molecule has 0 saturated heterocycles. The maximum absolute atomic E-state index is 13.1. The van der Waals surface area contributed by atoms with Gasteiger partial charge in [0, 0.05) is 0 Å². The Morgan fingerprint density at radius 1 is 1.58 bits per heavy atom. The number of hydrogen-bond acceptors (Lipinski definition) is 2. The predicted octanol–water partition coefficient (Wildman–Crippen LogP) is 1.79. The topological polar surface area (TPSA) is 44.0 Å². The van der Waals surface area contributed by atoms with Gasteiger partial charge in [-0.15, -0.1) is 0 Å². The fraction of sp³-hybridized carbons (Fsp3) is 0.125. The van der Waals surface area contributed by atoms with Gasteiger partial charge in [0.15, 0.2) is 5.82 Å². The van der Waals surface area contributed by atoms with E-state index in [2.05, 4.69) is 0 Å². The zero-order chi connectivity index (χ0) is 9.14. The standard InChI is InChI=1S/C8H5FINO/c9-7-5(3-11)1-2-6(4-12)8(7)10/h1-2,12H,4H2. The first-order valence-electron chi connectivity index (χ1n) is 3.18. The molecule has 0 heterocycles. The van der Waals surface area contributed by atoms with Crippen LogP contribution in [0, 0.1) is 20.7 Å². The number of nitriles is 1. The molecular formula is C8H5FINO. The van der Waals surface area contributed by atoms with Gasteiger partial charge in [-0.1, -0.05) is 6.07 Å². The predicted molar refractivity (Wildman–Crippen MR) is 49.8 cm³/mol. The van der Waals surface area contributed by atoms with Crippen molar-refractivity contribution in [2.75, 3.05) is 0 Å². The molecule has 0 saturated carbocycles. The Bertz CT molecular complexity index is 346. The number of hydrogen-bond donors (Lipinski definition) is 1. The molecule has 0 amide bonds. The van der Waals surface area contributed by atoms with Crippen LogP contribution in [0.4, 0.5) is 4.39 Å². The number of aliphatic hydroxyl groups excluding tert-OH is 1. The molecule has 1 rings (SSSR count). The summed E-state index contributed by atoms with van der Waals surface area (Å²) in [4.78, 5) is 0. The molecular weight excluding hydrogens is 272 g/mol. The quantitative estimate of drug-likeness (QED) is 0.795. The van der Waals surface area contributed by atoms with Crippen molar-refractivity contribution < 1.29 is 9.50 Å². The fourth-order valence-corrected chi connectivity index (χ4v) is 1.44. The Balaban J connectivity index is 3.32. The fourth-order valence-electron chi connectivity index (χ4n) is 0.798. The molecule has 62 valence electrons. The highest BCUT2D eigenvalue weighted by Gasteiger charge is 2.09. The summed E-state index contributed by atoms with van der Waals surface area (Å²) < 4.78 is 13.4. The second-order valence-electron chi connectivity index (χ2n) is 2.17. The van der Waals surface area contributed by atoms with Crippen molar-refractivity contribution in [3.63, 3.8) is 0 Å². The van der Waals surface area contributed by atoms with Crippen molar-refractivity contribution in [1.82, 2.24) is 0 Å². The lowest BCUT2D eigenvalue weighted by Gasteiger charge is -2.01. The largest absolute Gasteiger partial charge is 0.392 e. The van der Waals surface area contributed by atoms with Gasteiger partial charge in [-0.3, -0.25) is 0 Å². The molecule has 0 fully saturated rings. The van der Waals surface area contributed by atoms with E-state index in [1.807, 2.05) is 0 Å². The first kappa shape index (κ1) is 9.42. The second kappa shape index (κ2) is 3.83. The molecule has 0 aliphatic rings. The Kier molecular flexibility index (Phi) is 3.00. The van der Waals surface area contributed by atoms with Crippen LogP contribution in [0.15, 0.2) is 12.1 Å². The summed E-state index contributed by atoms with van der Waals surface area (Å²) >= 11 is 1.77. The average molecular weight is 277 g/mol. The number of halogens is 2. The molecule has 2 nitrogen and oxygen atoms in total. The summed E-state index contributed by atoms with van der Waals surface area (Å²) in [7, 11) is 0. The van der Waals surface area contributed by atoms with Gasteiger partial charge in [0.25, 0.3) is 0 Å². The zero-order valence-corrected chi connectivity index (χ0v) is 8.17. The number of rotatable bonds is 1. The van der Waals surface area contributed by atoms with Crippen molar-refractivity contribution >= 4 is 22.6 Å². The monoisotopic (exact) mass is 277 g/mol. The molecule has 4 heteroatoms. The number of aliphatic hydroxyl groups is 1. The smallest absolute Gasteiger partial charge is 0.154 e. The van der Waals surface area contributed by atoms with Crippen molar-refractivity contribution in [3.05, 3.63) is 32.6 Å². The van der Waals surface area contributed by atoms with Crippen LogP contribution in [0.2, 0.25) is 0 Å². The molecule has 0 unspecified atom stereocenters. The Hall–Kier alpha value is -0.670. The van der Waals surface area contributed by atoms with Crippen LogP contribution in [0.1, 0.15) is 11.1 Å². The summed E-state index contributed by atoms with van der Waals surface area (Å²) in [5, 5.41) is 17.2. The van der Waals surface area contributed by atoms with E-state index in [9.17, 15) is 4.39 Å². The maximum Gasteiger partial charge on any atom is 0.154 e. The van der Waals surface area contributed by atoms with E-state index in [1.165, 1.54) is 6.07 Å². The summed E-state index contributed by atoms with van der Waals surface area (Å²) in [5.41, 5.74) is 0.517. The van der Waals surface area contributed by atoms with E-state index in [1.54, 1.807) is 34.7 Å². The van der Waals surface area contributed by atoms with Gasteiger partial charge in [-0.25, -0.2) is 4.39 Å². The van der Waals surface area contributed by atoms with E-state index in [0.717, 1.165) is 0 Å². The Labute approximate surface area is 82.8 Å². The molecule has 1 N–H and O–H groups in total. The second-order valence-corrected chi connectivity index (χ2v) is 3.25. The van der Waals surface area contributed by atoms with Crippen molar-refractivity contribution in [2.24, 2.45) is 0 Å². The molecule has 0 aliphatic heterocycles.